The molecule has 0 saturated carbocycles. The van der Waals surface area contributed by atoms with Crippen LogP contribution in [0, 0.1) is 0 Å². The minimum Gasteiger partial charge on any atom is -0.506 e. The molecule has 4 rings (SSSR count). The van der Waals surface area contributed by atoms with Gasteiger partial charge in [-0.15, -0.1) is 0 Å². The number of phenols is 1. The number of aromatic hydroxyl groups is 1. The molecule has 2 aliphatic rings. The van der Waals surface area contributed by atoms with Crippen LogP contribution in [0.4, 0.5) is 11.4 Å². The number of Topliss-reactive ketones (excluding diaryl/α,β-unsaturated/α-hetero) is 1. The molecular formula is C22H23N3O4. The second kappa shape index (κ2) is 7.67. The molecule has 2 saturated heterocycles. The van der Waals surface area contributed by atoms with E-state index in [1.807, 2.05) is 17.0 Å². The van der Waals surface area contributed by atoms with E-state index in [4.69, 9.17) is 0 Å². The van der Waals surface area contributed by atoms with Crippen LogP contribution in [0.1, 0.15) is 23.7 Å². The first kappa shape index (κ1) is 19.1. The molecule has 0 spiro atoms. The van der Waals surface area contributed by atoms with Gasteiger partial charge in [0.2, 0.25) is 5.91 Å². The highest BCUT2D eigenvalue weighted by Crippen LogP contribution is 2.30. The van der Waals surface area contributed by atoms with Crippen molar-refractivity contribution in [3.63, 3.8) is 0 Å². The van der Waals surface area contributed by atoms with Gasteiger partial charge in [0.1, 0.15) is 5.75 Å². The average molecular weight is 393 g/mol. The molecule has 0 aliphatic carbocycles. The van der Waals surface area contributed by atoms with Gasteiger partial charge in [0.05, 0.1) is 23.8 Å². The Hall–Kier alpha value is -3.19. The number of ketones is 1. The number of carbonyl (C=O) groups excluding carboxylic acids is 3. The fourth-order valence-electron chi connectivity index (χ4n) is 4.02. The molecule has 0 bridgehead atoms. The molecule has 1 atom stereocenters. The summed E-state index contributed by atoms with van der Waals surface area (Å²) in [5.41, 5.74) is 1.83. The van der Waals surface area contributed by atoms with E-state index < -0.39 is 6.04 Å². The Balaban J connectivity index is 1.44. The summed E-state index contributed by atoms with van der Waals surface area (Å²) in [4.78, 5) is 42.3. The normalized spacial score (nSPS) is 20.4. The van der Waals surface area contributed by atoms with Gasteiger partial charge in [0.15, 0.2) is 5.78 Å². The van der Waals surface area contributed by atoms with Crippen molar-refractivity contribution < 1.29 is 19.5 Å². The predicted octanol–water partition coefficient (Wildman–Crippen LogP) is 2.05. The van der Waals surface area contributed by atoms with E-state index in [2.05, 4.69) is 4.90 Å². The van der Waals surface area contributed by atoms with Gasteiger partial charge in [0, 0.05) is 31.7 Å². The molecule has 2 aromatic rings. The second-order valence-corrected chi connectivity index (χ2v) is 7.40. The van der Waals surface area contributed by atoms with Crippen molar-refractivity contribution in [3.05, 3.63) is 54.1 Å². The van der Waals surface area contributed by atoms with Crippen molar-refractivity contribution in [1.29, 1.82) is 0 Å². The molecule has 2 fully saturated rings. The molecule has 2 amide bonds. The van der Waals surface area contributed by atoms with E-state index in [0.717, 1.165) is 5.69 Å². The number of hydrogen-bond donors (Lipinski definition) is 1. The van der Waals surface area contributed by atoms with Crippen LogP contribution in [0.2, 0.25) is 0 Å². The number of amides is 2. The lowest BCUT2D eigenvalue weighted by molar-refractivity contribution is -0.123. The molecule has 1 N–H and O–H groups in total. The zero-order chi connectivity index (χ0) is 20.5. The monoisotopic (exact) mass is 393 g/mol. The Bertz CT molecular complexity index is 949. The number of hydrogen-bond acceptors (Lipinski definition) is 6. The minimum atomic E-state index is -0.471. The summed E-state index contributed by atoms with van der Waals surface area (Å²) < 4.78 is 0. The molecule has 7 nitrogen and oxygen atoms in total. The number of phenolic OH excluding ortho intramolecular Hbond substituents is 1. The van der Waals surface area contributed by atoms with E-state index in [1.165, 1.54) is 11.8 Å². The van der Waals surface area contributed by atoms with Gasteiger partial charge in [0.25, 0.3) is 5.91 Å². The largest absolute Gasteiger partial charge is 0.506 e. The minimum absolute atomic E-state index is 0.0594. The average Bonchev–Trinajstić information content (AvgIpc) is 3.02. The highest BCUT2D eigenvalue weighted by atomic mass is 16.3. The van der Waals surface area contributed by atoms with Crippen LogP contribution >= 0.6 is 0 Å². The third-order valence-electron chi connectivity index (χ3n) is 5.63. The molecular weight excluding hydrogens is 370 g/mol. The van der Waals surface area contributed by atoms with Crippen LogP contribution in [0.15, 0.2) is 48.5 Å². The number of nitrogens with zero attached hydrogens (tertiary/aromatic N) is 3. The topological polar surface area (TPSA) is 81.2 Å². The van der Waals surface area contributed by atoms with Crippen molar-refractivity contribution >= 4 is 29.0 Å². The maximum atomic E-state index is 13.0. The Kier molecular flexibility index (Phi) is 5.07. The number of piperazine rings is 1. The Morgan fingerprint density at radius 2 is 1.62 bits per heavy atom. The van der Waals surface area contributed by atoms with Gasteiger partial charge in [-0.05, 0) is 43.3 Å². The SMILES string of the molecule is CC(=O)c1ccc(N2C(=O)C[C@H](N3CCN(c4ccccc4O)CC3)C2=O)cc1. The lowest BCUT2D eigenvalue weighted by Crippen LogP contribution is -2.52. The van der Waals surface area contributed by atoms with Crippen LogP contribution in [-0.2, 0) is 9.59 Å². The van der Waals surface area contributed by atoms with Crippen molar-refractivity contribution in [2.45, 2.75) is 19.4 Å². The van der Waals surface area contributed by atoms with Crippen LogP contribution in [0.25, 0.3) is 0 Å². The van der Waals surface area contributed by atoms with Gasteiger partial charge < -0.3 is 10.0 Å². The van der Waals surface area contributed by atoms with Gasteiger partial charge in [-0.25, -0.2) is 4.90 Å². The Morgan fingerprint density at radius 1 is 0.966 bits per heavy atom. The van der Waals surface area contributed by atoms with E-state index in [0.29, 0.717) is 37.4 Å². The third-order valence-corrected chi connectivity index (χ3v) is 5.63. The van der Waals surface area contributed by atoms with E-state index in [1.54, 1.807) is 36.4 Å². The van der Waals surface area contributed by atoms with Crippen molar-refractivity contribution in [2.24, 2.45) is 0 Å². The molecule has 2 aliphatic heterocycles. The van der Waals surface area contributed by atoms with Crippen molar-refractivity contribution in [3.8, 4) is 5.75 Å². The van der Waals surface area contributed by atoms with Gasteiger partial charge in [-0.3, -0.25) is 19.3 Å². The molecule has 0 radical (unpaired) electrons. The fraction of sp³-hybridized carbons (Fsp3) is 0.318. The summed E-state index contributed by atoms with van der Waals surface area (Å²) in [5, 5.41) is 10.0. The van der Waals surface area contributed by atoms with Gasteiger partial charge in [-0.1, -0.05) is 12.1 Å². The summed E-state index contributed by atoms with van der Waals surface area (Å²) >= 11 is 0. The Morgan fingerprint density at radius 3 is 2.24 bits per heavy atom. The third kappa shape index (κ3) is 3.61. The lowest BCUT2D eigenvalue weighted by atomic mass is 10.1. The number of anilines is 2. The number of imide groups is 1. The summed E-state index contributed by atoms with van der Waals surface area (Å²) in [7, 11) is 0. The first-order valence-electron chi connectivity index (χ1n) is 9.70. The molecule has 0 aromatic heterocycles. The molecule has 2 heterocycles. The summed E-state index contributed by atoms with van der Waals surface area (Å²) in [5.74, 6) is -0.260. The number of benzene rings is 2. The molecule has 29 heavy (non-hydrogen) atoms. The Labute approximate surface area is 169 Å². The predicted molar refractivity (Wildman–Crippen MR) is 109 cm³/mol. The van der Waals surface area contributed by atoms with Gasteiger partial charge >= 0.3 is 0 Å². The van der Waals surface area contributed by atoms with Crippen molar-refractivity contribution in [1.82, 2.24) is 4.90 Å². The van der Waals surface area contributed by atoms with Crippen molar-refractivity contribution in [2.75, 3.05) is 36.0 Å². The molecule has 2 aromatic carbocycles. The highest BCUT2D eigenvalue weighted by Gasteiger charge is 2.43. The number of rotatable bonds is 4. The van der Waals surface area contributed by atoms with E-state index in [9.17, 15) is 19.5 Å². The summed E-state index contributed by atoms with van der Waals surface area (Å²) in [6.45, 7) is 4.09. The highest BCUT2D eigenvalue weighted by molar-refractivity contribution is 6.22. The zero-order valence-electron chi connectivity index (χ0n) is 16.2. The number of carbonyl (C=O) groups is 3. The van der Waals surface area contributed by atoms with Crippen LogP contribution in [0.5, 0.6) is 5.75 Å². The van der Waals surface area contributed by atoms with E-state index in [-0.39, 0.29) is 29.8 Å². The van der Waals surface area contributed by atoms with Crippen LogP contribution in [-0.4, -0.2) is 59.8 Å². The summed E-state index contributed by atoms with van der Waals surface area (Å²) in [6.07, 6.45) is 0.157. The molecule has 150 valence electrons. The molecule has 7 heteroatoms. The summed E-state index contributed by atoms with van der Waals surface area (Å²) in [6, 6.07) is 13.3. The van der Waals surface area contributed by atoms with Crippen LogP contribution in [0.3, 0.4) is 0 Å². The smallest absolute Gasteiger partial charge is 0.251 e. The first-order chi connectivity index (χ1) is 14.0. The maximum Gasteiger partial charge on any atom is 0.251 e. The molecule has 0 unspecified atom stereocenters. The maximum absolute atomic E-state index is 13.0. The van der Waals surface area contributed by atoms with E-state index >= 15 is 0 Å². The second-order valence-electron chi connectivity index (χ2n) is 7.40. The van der Waals surface area contributed by atoms with Crippen LogP contribution < -0.4 is 9.80 Å². The quantitative estimate of drug-likeness (QED) is 0.633. The van der Waals surface area contributed by atoms with Gasteiger partial charge in [-0.2, -0.15) is 0 Å². The first-order valence-corrected chi connectivity index (χ1v) is 9.70. The zero-order valence-corrected chi connectivity index (χ0v) is 16.2. The number of para-hydroxylation sites is 2. The lowest BCUT2D eigenvalue weighted by Gasteiger charge is -2.38. The standard InChI is InChI=1S/C22H23N3O4/c1-15(26)16-6-8-17(9-7-16)25-21(28)14-19(22(25)29)24-12-10-23(11-13-24)18-4-2-3-5-20(18)27/h2-9,19,27H,10-14H2,1H3/t19-/m0/s1. The fourth-order valence-corrected chi connectivity index (χ4v) is 4.02.